The van der Waals surface area contributed by atoms with Gasteiger partial charge in [0.1, 0.15) is 5.60 Å². The summed E-state index contributed by atoms with van der Waals surface area (Å²) in [5.74, 6) is -0.0881. The molecule has 2 fully saturated rings. The number of hydrogen-bond donors (Lipinski definition) is 0. The van der Waals surface area contributed by atoms with Gasteiger partial charge in [-0.1, -0.05) is 6.92 Å². The molecule has 0 bridgehead atoms. The van der Waals surface area contributed by atoms with E-state index in [1.54, 1.807) is 12.0 Å². The molecule has 1 saturated carbocycles. The molecule has 0 spiro atoms. The Hall–Kier alpha value is -2.65. The Balaban J connectivity index is 1.54. The van der Waals surface area contributed by atoms with E-state index in [1.165, 1.54) is 5.56 Å². The summed E-state index contributed by atoms with van der Waals surface area (Å²) in [6.07, 6.45) is 6.83. The molecule has 0 aromatic carbocycles. The van der Waals surface area contributed by atoms with Gasteiger partial charge in [0.25, 0.3) is 5.91 Å². The van der Waals surface area contributed by atoms with E-state index in [1.807, 2.05) is 38.8 Å². The van der Waals surface area contributed by atoms with Gasteiger partial charge < -0.3 is 28.6 Å². The Morgan fingerprint density at radius 3 is 2.70 bits per heavy atom. The van der Waals surface area contributed by atoms with Gasteiger partial charge in [-0.05, 0) is 65.0 Å². The predicted molar refractivity (Wildman–Crippen MR) is 141 cm³/mol. The molecule has 1 saturated heterocycles. The first-order valence-electron chi connectivity index (χ1n) is 13.5. The quantitative estimate of drug-likeness (QED) is 0.463. The van der Waals surface area contributed by atoms with Crippen LogP contribution in [0.15, 0.2) is 18.5 Å². The minimum absolute atomic E-state index is 0.0881. The summed E-state index contributed by atoms with van der Waals surface area (Å²) in [5, 5.41) is 1.16. The molecule has 2 atom stereocenters. The molecule has 37 heavy (non-hydrogen) atoms. The lowest BCUT2D eigenvalue weighted by Crippen LogP contribution is -2.54. The summed E-state index contributed by atoms with van der Waals surface area (Å²) in [4.78, 5) is 34.7. The lowest BCUT2D eigenvalue weighted by Gasteiger charge is -2.37. The highest BCUT2D eigenvalue weighted by Crippen LogP contribution is 2.36. The minimum atomic E-state index is -0.711. The first kappa shape index (κ1) is 27.4. The zero-order chi connectivity index (χ0) is 26.7. The Labute approximate surface area is 220 Å². The highest BCUT2D eigenvalue weighted by molar-refractivity contribution is 5.85. The van der Waals surface area contributed by atoms with E-state index < -0.39 is 17.8 Å². The monoisotopic (exact) mass is 514 g/mol. The molecule has 9 heteroatoms. The standard InChI is InChI=1S/C28H42N4O5/c1-7-20-17-30(11-8-13-35-6)24-15-23(29-16-22(20)24)19(2)32(21-9-10-21)26(33)25-18-31(12-14-36-25)27(34)37-28(3,4)5/h15-17,19,21,25H,7-14,18H2,1-6H3/t19-,25+/m0/s1. The zero-order valence-electron chi connectivity index (χ0n) is 23.2. The predicted octanol–water partition coefficient (Wildman–Crippen LogP) is 4.32. The van der Waals surface area contributed by atoms with Crippen LogP contribution in [-0.4, -0.2) is 82.5 Å². The van der Waals surface area contributed by atoms with E-state index in [2.05, 4.69) is 23.8 Å². The second-order valence-electron chi connectivity index (χ2n) is 11.1. The number of rotatable bonds is 9. The third-order valence-corrected chi connectivity index (χ3v) is 7.03. The fraction of sp³-hybridized carbons (Fsp3) is 0.679. The van der Waals surface area contributed by atoms with E-state index in [4.69, 9.17) is 19.2 Å². The van der Waals surface area contributed by atoms with Crippen LogP contribution in [0.5, 0.6) is 0 Å². The van der Waals surface area contributed by atoms with E-state index in [0.29, 0.717) is 19.8 Å². The van der Waals surface area contributed by atoms with Gasteiger partial charge in [-0.25, -0.2) is 4.79 Å². The van der Waals surface area contributed by atoms with Crippen molar-refractivity contribution in [2.45, 2.75) is 90.6 Å². The molecule has 3 heterocycles. The largest absolute Gasteiger partial charge is 0.444 e. The fourth-order valence-corrected chi connectivity index (χ4v) is 4.99. The number of carbonyl (C=O) groups is 2. The highest BCUT2D eigenvalue weighted by Gasteiger charge is 2.42. The second-order valence-corrected chi connectivity index (χ2v) is 11.1. The topological polar surface area (TPSA) is 86.1 Å². The lowest BCUT2D eigenvalue weighted by molar-refractivity contribution is -0.152. The molecular weight excluding hydrogens is 472 g/mol. The SMILES string of the molecule is CCc1cn(CCCOC)c2cc([C@H](C)N(C(=O)[C@H]3CN(C(=O)OC(C)(C)C)CCO3)C3CC3)ncc12. The number of aromatic nitrogens is 2. The van der Waals surface area contributed by atoms with E-state index in [-0.39, 0.29) is 24.5 Å². The van der Waals surface area contributed by atoms with E-state index in [0.717, 1.165) is 48.8 Å². The number of aryl methyl sites for hydroxylation is 2. The number of morpholine rings is 1. The van der Waals surface area contributed by atoms with E-state index in [9.17, 15) is 9.59 Å². The van der Waals surface area contributed by atoms with Crippen LogP contribution in [0.25, 0.3) is 10.9 Å². The van der Waals surface area contributed by atoms with Crippen molar-refractivity contribution in [2.75, 3.05) is 33.4 Å². The van der Waals surface area contributed by atoms with Crippen molar-refractivity contribution in [3.63, 3.8) is 0 Å². The molecule has 1 aliphatic carbocycles. The van der Waals surface area contributed by atoms with Crippen LogP contribution in [0.3, 0.4) is 0 Å². The van der Waals surface area contributed by atoms with Crippen molar-refractivity contribution in [3.05, 3.63) is 29.7 Å². The average Bonchev–Trinajstić information content (AvgIpc) is 3.64. The smallest absolute Gasteiger partial charge is 0.410 e. The normalized spacial score (nSPS) is 19.2. The lowest BCUT2D eigenvalue weighted by atomic mass is 10.1. The third-order valence-electron chi connectivity index (χ3n) is 7.03. The minimum Gasteiger partial charge on any atom is -0.444 e. The number of carbonyl (C=O) groups excluding carboxylic acids is 2. The van der Waals surface area contributed by atoms with Crippen LogP contribution in [0.1, 0.15) is 71.2 Å². The first-order chi connectivity index (χ1) is 17.6. The zero-order valence-corrected chi connectivity index (χ0v) is 23.2. The van der Waals surface area contributed by atoms with Crippen molar-refractivity contribution in [1.29, 1.82) is 0 Å². The molecular formula is C28H42N4O5. The molecule has 0 N–H and O–H groups in total. The van der Waals surface area contributed by atoms with E-state index >= 15 is 0 Å². The number of nitrogens with zero attached hydrogens (tertiary/aromatic N) is 4. The van der Waals surface area contributed by atoms with Gasteiger partial charge in [-0.2, -0.15) is 0 Å². The van der Waals surface area contributed by atoms with Gasteiger partial charge in [-0.15, -0.1) is 0 Å². The van der Waals surface area contributed by atoms with Gasteiger partial charge in [0, 0.05) is 50.6 Å². The summed E-state index contributed by atoms with van der Waals surface area (Å²) < 4.78 is 18.9. The van der Waals surface area contributed by atoms with Crippen LogP contribution < -0.4 is 0 Å². The molecule has 0 unspecified atom stereocenters. The number of methoxy groups -OCH3 is 1. The maximum absolute atomic E-state index is 13.8. The second kappa shape index (κ2) is 11.4. The summed E-state index contributed by atoms with van der Waals surface area (Å²) in [7, 11) is 1.72. The summed E-state index contributed by atoms with van der Waals surface area (Å²) in [5.41, 5.74) is 2.68. The highest BCUT2D eigenvalue weighted by atomic mass is 16.6. The van der Waals surface area contributed by atoms with Crippen LogP contribution in [0, 0.1) is 0 Å². The van der Waals surface area contributed by atoms with Crippen LogP contribution in [-0.2, 0) is 32.0 Å². The molecule has 2 aromatic heterocycles. The molecule has 1 aliphatic heterocycles. The summed E-state index contributed by atoms with van der Waals surface area (Å²) in [6, 6.07) is 2.08. The third kappa shape index (κ3) is 6.44. The molecule has 0 radical (unpaired) electrons. The summed E-state index contributed by atoms with van der Waals surface area (Å²) in [6.45, 7) is 12.2. The van der Waals surface area contributed by atoms with Crippen molar-refractivity contribution < 1.29 is 23.8 Å². The molecule has 2 amide bonds. The van der Waals surface area contributed by atoms with Crippen molar-refractivity contribution in [2.24, 2.45) is 0 Å². The average molecular weight is 515 g/mol. The molecule has 2 aliphatic rings. The van der Waals surface area contributed by atoms with Gasteiger partial charge >= 0.3 is 6.09 Å². The van der Waals surface area contributed by atoms with Crippen LogP contribution in [0.2, 0.25) is 0 Å². The van der Waals surface area contributed by atoms with Crippen LogP contribution >= 0.6 is 0 Å². The number of pyridine rings is 1. The molecule has 4 rings (SSSR count). The van der Waals surface area contributed by atoms with Crippen molar-refractivity contribution >= 4 is 22.9 Å². The first-order valence-corrected chi connectivity index (χ1v) is 13.5. The fourth-order valence-electron chi connectivity index (χ4n) is 4.99. The Morgan fingerprint density at radius 1 is 1.30 bits per heavy atom. The van der Waals surface area contributed by atoms with Crippen molar-refractivity contribution in [3.8, 4) is 0 Å². The Bertz CT molecular complexity index is 1100. The number of amides is 2. The maximum atomic E-state index is 13.8. The van der Waals surface area contributed by atoms with Gasteiger partial charge in [-0.3, -0.25) is 9.78 Å². The van der Waals surface area contributed by atoms with Gasteiger partial charge in [0.05, 0.1) is 30.4 Å². The molecule has 9 nitrogen and oxygen atoms in total. The molecule has 204 valence electrons. The Kier molecular flexibility index (Phi) is 8.43. The maximum Gasteiger partial charge on any atom is 0.410 e. The number of hydrogen-bond acceptors (Lipinski definition) is 6. The van der Waals surface area contributed by atoms with Crippen LogP contribution in [0.4, 0.5) is 4.79 Å². The summed E-state index contributed by atoms with van der Waals surface area (Å²) >= 11 is 0. The Morgan fingerprint density at radius 2 is 2.05 bits per heavy atom. The number of ether oxygens (including phenoxy) is 3. The molecule has 2 aromatic rings. The van der Waals surface area contributed by atoms with Gasteiger partial charge in [0.2, 0.25) is 0 Å². The van der Waals surface area contributed by atoms with Gasteiger partial charge in [0.15, 0.2) is 6.10 Å². The number of fused-ring (bicyclic) bond motifs is 1. The van der Waals surface area contributed by atoms with Crippen molar-refractivity contribution in [1.82, 2.24) is 19.4 Å².